The molecule has 3 heteroatoms. The lowest BCUT2D eigenvalue weighted by Crippen LogP contribution is -2.32. The molecular weight excluding hydrogens is 214 g/mol. The van der Waals surface area contributed by atoms with Gasteiger partial charge in [0.05, 0.1) is 13.2 Å². The van der Waals surface area contributed by atoms with Gasteiger partial charge in [0.2, 0.25) is 0 Å². The van der Waals surface area contributed by atoms with Gasteiger partial charge in [0.15, 0.2) is 0 Å². The monoisotopic (exact) mass is 237 g/mol. The van der Waals surface area contributed by atoms with Crippen LogP contribution in [0.2, 0.25) is 0 Å². The maximum absolute atomic E-state index is 5.63. The van der Waals surface area contributed by atoms with Crippen LogP contribution >= 0.6 is 0 Å². The van der Waals surface area contributed by atoms with E-state index >= 15 is 0 Å². The predicted molar refractivity (Wildman–Crippen MR) is 70.5 cm³/mol. The van der Waals surface area contributed by atoms with Crippen molar-refractivity contribution >= 4 is 0 Å². The zero-order chi connectivity index (χ0) is 12.7. The lowest BCUT2D eigenvalue weighted by molar-refractivity contribution is 0.167. The minimum Gasteiger partial charge on any atom is -0.494 e. The Bertz CT molecular complexity index is 328. The third kappa shape index (κ3) is 4.36. The Morgan fingerprint density at radius 1 is 1.24 bits per heavy atom. The third-order valence-electron chi connectivity index (χ3n) is 2.64. The van der Waals surface area contributed by atoms with Gasteiger partial charge in [-0.05, 0) is 26.8 Å². The lowest BCUT2D eigenvalue weighted by atomic mass is 10.1. The SMILES string of the molecule is CCOc1ccccc1C(C)NC(C)COC. The zero-order valence-electron chi connectivity index (χ0n) is 11.2. The van der Waals surface area contributed by atoms with E-state index in [1.807, 2.05) is 25.1 Å². The second-order valence-corrected chi connectivity index (χ2v) is 4.22. The van der Waals surface area contributed by atoms with Crippen LogP contribution in [0, 0.1) is 0 Å². The van der Waals surface area contributed by atoms with Crippen LogP contribution < -0.4 is 10.1 Å². The van der Waals surface area contributed by atoms with E-state index in [1.54, 1.807) is 7.11 Å². The van der Waals surface area contributed by atoms with E-state index < -0.39 is 0 Å². The fourth-order valence-corrected chi connectivity index (χ4v) is 1.94. The molecule has 3 nitrogen and oxygen atoms in total. The first kappa shape index (κ1) is 14.0. The number of hydrogen-bond donors (Lipinski definition) is 1. The first-order valence-electron chi connectivity index (χ1n) is 6.15. The van der Waals surface area contributed by atoms with Crippen LogP contribution in [-0.4, -0.2) is 26.4 Å². The number of ether oxygens (including phenoxy) is 2. The van der Waals surface area contributed by atoms with Gasteiger partial charge in [-0.25, -0.2) is 0 Å². The summed E-state index contributed by atoms with van der Waals surface area (Å²) in [5.41, 5.74) is 1.19. The highest BCUT2D eigenvalue weighted by Gasteiger charge is 2.13. The summed E-state index contributed by atoms with van der Waals surface area (Å²) in [6.07, 6.45) is 0. The van der Waals surface area contributed by atoms with Crippen LogP contribution in [0.1, 0.15) is 32.4 Å². The van der Waals surface area contributed by atoms with E-state index in [-0.39, 0.29) is 6.04 Å². The fraction of sp³-hybridized carbons (Fsp3) is 0.571. The van der Waals surface area contributed by atoms with Crippen molar-refractivity contribution in [3.8, 4) is 5.75 Å². The van der Waals surface area contributed by atoms with Crippen LogP contribution in [0.3, 0.4) is 0 Å². The molecule has 1 aromatic rings. The lowest BCUT2D eigenvalue weighted by Gasteiger charge is -2.21. The molecule has 0 saturated heterocycles. The van der Waals surface area contributed by atoms with Crippen molar-refractivity contribution in [2.24, 2.45) is 0 Å². The van der Waals surface area contributed by atoms with Gasteiger partial charge in [-0.2, -0.15) is 0 Å². The van der Waals surface area contributed by atoms with Crippen molar-refractivity contribution in [1.82, 2.24) is 5.32 Å². The van der Waals surface area contributed by atoms with Gasteiger partial charge in [-0.1, -0.05) is 18.2 Å². The van der Waals surface area contributed by atoms with E-state index in [0.29, 0.717) is 19.3 Å². The second-order valence-electron chi connectivity index (χ2n) is 4.22. The largest absolute Gasteiger partial charge is 0.494 e. The Morgan fingerprint density at radius 2 is 1.94 bits per heavy atom. The van der Waals surface area contributed by atoms with Crippen molar-refractivity contribution in [1.29, 1.82) is 0 Å². The highest BCUT2D eigenvalue weighted by atomic mass is 16.5. The molecule has 0 aliphatic heterocycles. The summed E-state index contributed by atoms with van der Waals surface area (Å²) in [6.45, 7) is 7.66. The maximum Gasteiger partial charge on any atom is 0.124 e. The summed E-state index contributed by atoms with van der Waals surface area (Å²) in [4.78, 5) is 0. The Labute approximate surface area is 104 Å². The number of para-hydroxylation sites is 1. The van der Waals surface area contributed by atoms with Gasteiger partial charge >= 0.3 is 0 Å². The molecule has 0 aromatic heterocycles. The normalized spacial score (nSPS) is 14.4. The van der Waals surface area contributed by atoms with E-state index in [4.69, 9.17) is 9.47 Å². The van der Waals surface area contributed by atoms with Crippen LogP contribution in [0.5, 0.6) is 5.75 Å². The average molecular weight is 237 g/mol. The molecule has 2 unspecified atom stereocenters. The average Bonchev–Trinajstić information content (AvgIpc) is 2.30. The molecule has 1 N–H and O–H groups in total. The van der Waals surface area contributed by atoms with Gasteiger partial charge in [0.1, 0.15) is 5.75 Å². The standard InChI is InChI=1S/C14H23NO2/c1-5-17-14-9-7-6-8-13(14)12(3)15-11(2)10-16-4/h6-9,11-12,15H,5,10H2,1-4H3. The summed E-state index contributed by atoms with van der Waals surface area (Å²) in [5, 5.41) is 3.49. The molecule has 0 amide bonds. The van der Waals surface area contributed by atoms with Crippen LogP contribution in [0.15, 0.2) is 24.3 Å². The summed E-state index contributed by atoms with van der Waals surface area (Å²) < 4.78 is 10.8. The Balaban J connectivity index is 2.70. The van der Waals surface area contributed by atoms with Crippen molar-refractivity contribution in [3.05, 3.63) is 29.8 Å². The summed E-state index contributed by atoms with van der Waals surface area (Å²) in [7, 11) is 1.72. The molecule has 0 aliphatic rings. The summed E-state index contributed by atoms with van der Waals surface area (Å²) in [6, 6.07) is 8.73. The molecule has 17 heavy (non-hydrogen) atoms. The zero-order valence-corrected chi connectivity index (χ0v) is 11.2. The molecule has 0 bridgehead atoms. The van der Waals surface area contributed by atoms with Gasteiger partial charge in [-0.15, -0.1) is 0 Å². The van der Waals surface area contributed by atoms with Crippen molar-refractivity contribution in [2.75, 3.05) is 20.3 Å². The van der Waals surface area contributed by atoms with E-state index in [1.165, 1.54) is 5.56 Å². The smallest absolute Gasteiger partial charge is 0.124 e. The number of methoxy groups -OCH3 is 1. The predicted octanol–water partition coefficient (Wildman–Crippen LogP) is 2.77. The Morgan fingerprint density at radius 3 is 2.59 bits per heavy atom. The molecule has 0 aliphatic carbocycles. The molecule has 96 valence electrons. The second kappa shape index (κ2) is 7.30. The van der Waals surface area contributed by atoms with Crippen molar-refractivity contribution < 1.29 is 9.47 Å². The van der Waals surface area contributed by atoms with Gasteiger partial charge in [0.25, 0.3) is 0 Å². The number of rotatable bonds is 7. The molecule has 0 saturated carbocycles. The molecule has 0 fully saturated rings. The Hall–Kier alpha value is -1.06. The maximum atomic E-state index is 5.63. The van der Waals surface area contributed by atoms with E-state index in [2.05, 4.69) is 25.2 Å². The molecule has 0 heterocycles. The first-order chi connectivity index (χ1) is 8.19. The van der Waals surface area contributed by atoms with Crippen molar-refractivity contribution in [3.63, 3.8) is 0 Å². The van der Waals surface area contributed by atoms with Gasteiger partial charge in [0, 0.05) is 24.8 Å². The number of nitrogens with one attached hydrogen (secondary N) is 1. The van der Waals surface area contributed by atoms with Gasteiger partial charge in [-0.3, -0.25) is 0 Å². The molecule has 1 rings (SSSR count). The van der Waals surface area contributed by atoms with Crippen LogP contribution in [0.4, 0.5) is 0 Å². The van der Waals surface area contributed by atoms with Crippen molar-refractivity contribution in [2.45, 2.75) is 32.9 Å². The summed E-state index contributed by atoms with van der Waals surface area (Å²) in [5.74, 6) is 0.958. The Kier molecular flexibility index (Phi) is 6.01. The van der Waals surface area contributed by atoms with Crippen LogP contribution in [0.25, 0.3) is 0 Å². The third-order valence-corrected chi connectivity index (χ3v) is 2.64. The quantitative estimate of drug-likeness (QED) is 0.791. The summed E-state index contributed by atoms with van der Waals surface area (Å²) >= 11 is 0. The molecule has 2 atom stereocenters. The molecule has 1 aromatic carbocycles. The molecule has 0 spiro atoms. The number of hydrogen-bond acceptors (Lipinski definition) is 3. The highest BCUT2D eigenvalue weighted by molar-refractivity contribution is 5.35. The van der Waals surface area contributed by atoms with Gasteiger partial charge < -0.3 is 14.8 Å². The fourth-order valence-electron chi connectivity index (χ4n) is 1.94. The highest BCUT2D eigenvalue weighted by Crippen LogP contribution is 2.24. The minimum atomic E-state index is 0.253. The molecule has 0 radical (unpaired) electrons. The van der Waals surface area contributed by atoms with Crippen LogP contribution in [-0.2, 0) is 4.74 Å². The topological polar surface area (TPSA) is 30.5 Å². The van der Waals surface area contributed by atoms with E-state index in [9.17, 15) is 0 Å². The first-order valence-corrected chi connectivity index (χ1v) is 6.15. The van der Waals surface area contributed by atoms with E-state index in [0.717, 1.165) is 5.75 Å². The minimum absolute atomic E-state index is 0.253. The molecular formula is C14H23NO2. The number of benzene rings is 1.